The number of nitrogens with one attached hydrogen (secondary N) is 1. The summed E-state index contributed by atoms with van der Waals surface area (Å²) >= 11 is 1.58. The van der Waals surface area contributed by atoms with Gasteiger partial charge in [0.25, 0.3) is 0 Å². The lowest BCUT2D eigenvalue weighted by Crippen LogP contribution is -2.44. The van der Waals surface area contributed by atoms with Gasteiger partial charge in [0.2, 0.25) is 5.91 Å². The topological polar surface area (TPSA) is 49.3 Å². The van der Waals surface area contributed by atoms with Crippen molar-refractivity contribution in [2.24, 2.45) is 11.8 Å². The first-order valence-corrected chi connectivity index (χ1v) is 6.66. The average Bonchev–Trinajstić information content (AvgIpc) is 2.18. The quantitative estimate of drug-likeness (QED) is 0.731. The molecule has 0 aromatic carbocycles. The number of carbonyl (C=O) groups is 1. The molecule has 0 aliphatic heterocycles. The molecule has 0 bridgehead atoms. The molecule has 0 saturated carbocycles. The lowest BCUT2D eigenvalue weighted by Gasteiger charge is -2.24. The van der Waals surface area contributed by atoms with E-state index in [1.54, 1.807) is 11.8 Å². The summed E-state index contributed by atoms with van der Waals surface area (Å²) in [6, 6.07) is 0.0127. The van der Waals surface area contributed by atoms with E-state index in [1.807, 2.05) is 34.0 Å². The van der Waals surface area contributed by atoms with Crippen LogP contribution in [0.1, 0.15) is 27.7 Å². The third-order valence-electron chi connectivity index (χ3n) is 2.82. The molecule has 0 saturated heterocycles. The Morgan fingerprint density at radius 2 is 1.87 bits per heavy atom. The fourth-order valence-electron chi connectivity index (χ4n) is 1.19. The second kappa shape index (κ2) is 7.12. The smallest absolute Gasteiger partial charge is 0.223 e. The van der Waals surface area contributed by atoms with E-state index in [2.05, 4.69) is 5.32 Å². The van der Waals surface area contributed by atoms with Crippen LogP contribution in [-0.2, 0) is 4.79 Å². The highest BCUT2D eigenvalue weighted by Crippen LogP contribution is 2.13. The molecule has 90 valence electrons. The Balaban J connectivity index is 4.16. The summed E-state index contributed by atoms with van der Waals surface area (Å²) in [5.41, 5.74) is 0. The van der Waals surface area contributed by atoms with Crippen LogP contribution in [0, 0.1) is 11.8 Å². The minimum Gasteiger partial charge on any atom is -0.395 e. The highest BCUT2D eigenvalue weighted by atomic mass is 32.2. The van der Waals surface area contributed by atoms with Gasteiger partial charge in [-0.2, -0.15) is 11.8 Å². The van der Waals surface area contributed by atoms with Crippen molar-refractivity contribution in [3.05, 3.63) is 0 Å². The predicted molar refractivity (Wildman–Crippen MR) is 66.0 cm³/mol. The molecule has 0 rings (SSSR count). The summed E-state index contributed by atoms with van der Waals surface area (Å²) in [5.74, 6) is 0.442. The SMILES string of the molecule is CSC(CO)C(C)NC(=O)C(C)C(C)C. The van der Waals surface area contributed by atoms with Gasteiger partial charge in [-0.1, -0.05) is 20.8 Å². The van der Waals surface area contributed by atoms with E-state index < -0.39 is 0 Å². The van der Waals surface area contributed by atoms with Crippen LogP contribution >= 0.6 is 11.8 Å². The van der Waals surface area contributed by atoms with Crippen LogP contribution in [0.3, 0.4) is 0 Å². The summed E-state index contributed by atoms with van der Waals surface area (Å²) in [4.78, 5) is 11.7. The number of amides is 1. The first-order valence-electron chi connectivity index (χ1n) is 5.38. The van der Waals surface area contributed by atoms with Crippen molar-refractivity contribution in [1.82, 2.24) is 5.32 Å². The Morgan fingerprint density at radius 1 is 1.33 bits per heavy atom. The molecule has 2 N–H and O–H groups in total. The van der Waals surface area contributed by atoms with Gasteiger partial charge in [0.15, 0.2) is 0 Å². The molecular formula is C11H23NO2S. The van der Waals surface area contributed by atoms with E-state index in [0.29, 0.717) is 5.92 Å². The summed E-state index contributed by atoms with van der Waals surface area (Å²) in [5, 5.41) is 12.1. The number of carbonyl (C=O) groups excluding carboxylic acids is 1. The Kier molecular flexibility index (Phi) is 7.02. The summed E-state index contributed by atoms with van der Waals surface area (Å²) < 4.78 is 0. The van der Waals surface area contributed by atoms with Crippen molar-refractivity contribution in [2.75, 3.05) is 12.9 Å². The summed E-state index contributed by atoms with van der Waals surface area (Å²) in [6.45, 7) is 8.03. The van der Waals surface area contributed by atoms with Gasteiger partial charge in [-0.15, -0.1) is 0 Å². The number of thioether (sulfide) groups is 1. The average molecular weight is 233 g/mol. The van der Waals surface area contributed by atoms with Gasteiger partial charge in [-0.3, -0.25) is 4.79 Å². The lowest BCUT2D eigenvalue weighted by molar-refractivity contribution is -0.126. The highest BCUT2D eigenvalue weighted by Gasteiger charge is 2.22. The van der Waals surface area contributed by atoms with Crippen molar-refractivity contribution >= 4 is 17.7 Å². The van der Waals surface area contributed by atoms with Crippen molar-refractivity contribution in [3.8, 4) is 0 Å². The summed E-state index contributed by atoms with van der Waals surface area (Å²) in [6.07, 6.45) is 1.94. The van der Waals surface area contributed by atoms with E-state index in [4.69, 9.17) is 5.11 Å². The van der Waals surface area contributed by atoms with Crippen LogP contribution in [-0.4, -0.2) is 35.2 Å². The molecule has 3 nitrogen and oxygen atoms in total. The minimum absolute atomic E-state index is 0.0127. The van der Waals surface area contributed by atoms with Crippen molar-refractivity contribution in [3.63, 3.8) is 0 Å². The number of rotatable bonds is 6. The maximum atomic E-state index is 11.7. The summed E-state index contributed by atoms with van der Waals surface area (Å²) in [7, 11) is 0. The second-order valence-electron chi connectivity index (χ2n) is 4.29. The van der Waals surface area contributed by atoms with Crippen LogP contribution in [0.25, 0.3) is 0 Å². The highest BCUT2D eigenvalue weighted by molar-refractivity contribution is 7.99. The molecule has 0 aliphatic carbocycles. The van der Waals surface area contributed by atoms with Gasteiger partial charge in [-0.05, 0) is 19.1 Å². The van der Waals surface area contributed by atoms with Crippen LogP contribution < -0.4 is 5.32 Å². The van der Waals surface area contributed by atoms with Gasteiger partial charge < -0.3 is 10.4 Å². The van der Waals surface area contributed by atoms with Crippen LogP contribution in [0.2, 0.25) is 0 Å². The van der Waals surface area contributed by atoms with E-state index in [1.165, 1.54) is 0 Å². The maximum absolute atomic E-state index is 11.7. The molecular weight excluding hydrogens is 210 g/mol. The lowest BCUT2D eigenvalue weighted by atomic mass is 9.97. The van der Waals surface area contributed by atoms with Crippen molar-refractivity contribution in [2.45, 2.75) is 39.0 Å². The third-order valence-corrected chi connectivity index (χ3v) is 3.99. The molecule has 0 heterocycles. The van der Waals surface area contributed by atoms with Crippen LogP contribution in [0.5, 0.6) is 0 Å². The molecule has 0 spiro atoms. The number of aliphatic hydroxyl groups is 1. The Labute approximate surface area is 97.0 Å². The van der Waals surface area contributed by atoms with Crippen molar-refractivity contribution < 1.29 is 9.90 Å². The van der Waals surface area contributed by atoms with Gasteiger partial charge in [0, 0.05) is 17.2 Å². The van der Waals surface area contributed by atoms with E-state index >= 15 is 0 Å². The predicted octanol–water partition coefficient (Wildman–Crippen LogP) is 1.51. The van der Waals surface area contributed by atoms with Gasteiger partial charge in [0.05, 0.1) is 6.61 Å². The van der Waals surface area contributed by atoms with E-state index in [9.17, 15) is 4.79 Å². The maximum Gasteiger partial charge on any atom is 0.223 e. The molecule has 0 aromatic heterocycles. The molecule has 0 aromatic rings. The third kappa shape index (κ3) is 4.89. The first kappa shape index (κ1) is 14.8. The fraction of sp³-hybridized carbons (Fsp3) is 0.909. The zero-order chi connectivity index (χ0) is 12.0. The Bertz CT molecular complexity index is 193. The normalized spacial score (nSPS) is 17.3. The molecule has 1 amide bonds. The van der Waals surface area contributed by atoms with Gasteiger partial charge in [-0.25, -0.2) is 0 Å². The number of hydrogen-bond acceptors (Lipinski definition) is 3. The molecule has 0 fully saturated rings. The molecule has 3 unspecified atom stereocenters. The zero-order valence-electron chi connectivity index (χ0n) is 10.3. The minimum atomic E-state index is 0.0127. The fourth-order valence-corrected chi connectivity index (χ4v) is 1.81. The monoisotopic (exact) mass is 233 g/mol. The van der Waals surface area contributed by atoms with E-state index in [-0.39, 0.29) is 29.7 Å². The Morgan fingerprint density at radius 3 is 2.20 bits per heavy atom. The van der Waals surface area contributed by atoms with Crippen molar-refractivity contribution in [1.29, 1.82) is 0 Å². The van der Waals surface area contributed by atoms with Crippen LogP contribution in [0.15, 0.2) is 0 Å². The standard InChI is InChI=1S/C11H23NO2S/c1-7(2)8(3)11(14)12-9(4)10(6-13)15-5/h7-10,13H,6H2,1-5H3,(H,12,14). The molecule has 0 aliphatic rings. The number of aliphatic hydroxyl groups excluding tert-OH is 1. The largest absolute Gasteiger partial charge is 0.395 e. The molecule has 3 atom stereocenters. The second-order valence-corrected chi connectivity index (χ2v) is 5.36. The van der Waals surface area contributed by atoms with Gasteiger partial charge >= 0.3 is 0 Å². The molecule has 4 heteroatoms. The van der Waals surface area contributed by atoms with E-state index in [0.717, 1.165) is 0 Å². The first-order chi connectivity index (χ1) is 6.93. The zero-order valence-corrected chi connectivity index (χ0v) is 11.1. The molecule has 0 radical (unpaired) electrons. The Hall–Kier alpha value is -0.220. The van der Waals surface area contributed by atoms with Crippen LogP contribution in [0.4, 0.5) is 0 Å². The number of hydrogen-bond donors (Lipinski definition) is 2. The van der Waals surface area contributed by atoms with Gasteiger partial charge in [0.1, 0.15) is 0 Å². The molecule has 15 heavy (non-hydrogen) atoms.